The van der Waals surface area contributed by atoms with E-state index in [2.05, 4.69) is 25.5 Å². The summed E-state index contributed by atoms with van der Waals surface area (Å²) >= 11 is 0. The number of nitrogens with zero attached hydrogens (tertiary/aromatic N) is 2. The van der Waals surface area contributed by atoms with Crippen LogP contribution in [-0.4, -0.2) is 9.78 Å². The van der Waals surface area contributed by atoms with Crippen LogP contribution in [0.15, 0.2) is 36.9 Å². The summed E-state index contributed by atoms with van der Waals surface area (Å²) in [5.74, 6) is 0.349. The third kappa shape index (κ3) is 3.31. The molecule has 19 heavy (non-hydrogen) atoms. The fourth-order valence-electron chi connectivity index (χ4n) is 2.08. The molecule has 0 atom stereocenters. The van der Waals surface area contributed by atoms with Gasteiger partial charge in [0.25, 0.3) is 0 Å². The first-order chi connectivity index (χ1) is 9.10. The zero-order valence-electron chi connectivity index (χ0n) is 11.4. The van der Waals surface area contributed by atoms with Crippen molar-refractivity contribution in [3.05, 3.63) is 59.7 Å². The van der Waals surface area contributed by atoms with E-state index in [0.717, 1.165) is 17.8 Å². The third-order valence-electron chi connectivity index (χ3n) is 2.99. The molecule has 1 aromatic heterocycles. The topological polar surface area (TPSA) is 17.8 Å². The van der Waals surface area contributed by atoms with E-state index < -0.39 is 0 Å². The Balaban J connectivity index is 2.30. The number of rotatable bonds is 5. The van der Waals surface area contributed by atoms with E-state index in [4.69, 9.17) is 0 Å². The minimum absolute atomic E-state index is 0.186. The molecule has 0 aliphatic heterocycles. The van der Waals surface area contributed by atoms with Gasteiger partial charge in [-0.25, -0.2) is 4.39 Å². The van der Waals surface area contributed by atoms with Crippen molar-refractivity contribution in [2.24, 2.45) is 5.92 Å². The molecule has 0 radical (unpaired) electrons. The second-order valence-electron chi connectivity index (χ2n) is 5.11. The van der Waals surface area contributed by atoms with Crippen molar-refractivity contribution in [1.82, 2.24) is 9.78 Å². The average Bonchev–Trinajstić information content (AvgIpc) is 2.74. The fourth-order valence-corrected chi connectivity index (χ4v) is 2.08. The molecular weight excluding hydrogens is 239 g/mol. The molecule has 0 aliphatic carbocycles. The van der Waals surface area contributed by atoms with E-state index in [9.17, 15) is 4.39 Å². The van der Waals surface area contributed by atoms with Crippen molar-refractivity contribution < 1.29 is 4.39 Å². The average molecular weight is 258 g/mol. The molecule has 100 valence electrons. The Labute approximate surface area is 113 Å². The molecular formula is C16H19FN2. The van der Waals surface area contributed by atoms with Gasteiger partial charge in [0.2, 0.25) is 0 Å². The van der Waals surface area contributed by atoms with E-state index in [-0.39, 0.29) is 5.82 Å². The van der Waals surface area contributed by atoms with Crippen molar-refractivity contribution in [3.8, 4) is 0 Å². The maximum absolute atomic E-state index is 13.7. The predicted molar refractivity (Wildman–Crippen MR) is 76.4 cm³/mol. The lowest BCUT2D eigenvalue weighted by Gasteiger charge is -2.10. The van der Waals surface area contributed by atoms with Gasteiger partial charge in [-0.05, 0) is 30.5 Å². The van der Waals surface area contributed by atoms with Crippen LogP contribution in [0.3, 0.4) is 0 Å². The van der Waals surface area contributed by atoms with Crippen molar-refractivity contribution in [2.75, 3.05) is 0 Å². The third-order valence-corrected chi connectivity index (χ3v) is 2.99. The SMILES string of the molecule is C=Cc1cc(CC(C)C)n(Cc2ccccc2F)n1. The molecule has 0 fully saturated rings. The maximum atomic E-state index is 13.7. The zero-order chi connectivity index (χ0) is 13.8. The Bertz CT molecular complexity index is 570. The molecule has 0 unspecified atom stereocenters. The standard InChI is InChI=1S/C16H19FN2/c1-4-14-10-15(9-12(2)3)19(18-14)11-13-7-5-6-8-16(13)17/h4-8,10,12H,1,9,11H2,2-3H3. The number of halogens is 1. The smallest absolute Gasteiger partial charge is 0.128 e. The molecule has 0 bridgehead atoms. The highest BCUT2D eigenvalue weighted by molar-refractivity contribution is 5.42. The summed E-state index contributed by atoms with van der Waals surface area (Å²) in [6.07, 6.45) is 2.65. The summed E-state index contributed by atoms with van der Waals surface area (Å²) in [7, 11) is 0. The second kappa shape index (κ2) is 5.83. The summed E-state index contributed by atoms with van der Waals surface area (Å²) < 4.78 is 15.6. The molecule has 0 spiro atoms. The summed E-state index contributed by atoms with van der Waals surface area (Å²) in [4.78, 5) is 0. The molecule has 2 rings (SSSR count). The highest BCUT2D eigenvalue weighted by atomic mass is 19.1. The minimum atomic E-state index is -0.186. The lowest BCUT2D eigenvalue weighted by Crippen LogP contribution is -2.09. The van der Waals surface area contributed by atoms with E-state index in [0.29, 0.717) is 18.0 Å². The summed E-state index contributed by atoms with van der Waals surface area (Å²) in [6.45, 7) is 8.52. The molecule has 0 amide bonds. The highest BCUT2D eigenvalue weighted by Gasteiger charge is 2.10. The summed E-state index contributed by atoms with van der Waals surface area (Å²) in [6, 6.07) is 8.84. The van der Waals surface area contributed by atoms with Crippen LogP contribution in [0.1, 0.15) is 30.8 Å². The minimum Gasteiger partial charge on any atom is -0.264 e. The van der Waals surface area contributed by atoms with Gasteiger partial charge in [-0.2, -0.15) is 5.10 Å². The fraction of sp³-hybridized carbons (Fsp3) is 0.312. The van der Waals surface area contributed by atoms with Crippen molar-refractivity contribution in [3.63, 3.8) is 0 Å². The van der Waals surface area contributed by atoms with E-state index in [1.54, 1.807) is 18.2 Å². The molecule has 2 aromatic rings. The Kier molecular flexibility index (Phi) is 4.15. The lowest BCUT2D eigenvalue weighted by atomic mass is 10.1. The zero-order valence-corrected chi connectivity index (χ0v) is 11.4. The van der Waals surface area contributed by atoms with Gasteiger partial charge >= 0.3 is 0 Å². The molecule has 3 heteroatoms. The summed E-state index contributed by atoms with van der Waals surface area (Å²) in [5, 5.41) is 4.45. The largest absolute Gasteiger partial charge is 0.264 e. The molecule has 1 aromatic carbocycles. The number of hydrogen-bond acceptors (Lipinski definition) is 1. The van der Waals surface area contributed by atoms with Crippen LogP contribution in [0.2, 0.25) is 0 Å². The first-order valence-corrected chi connectivity index (χ1v) is 6.52. The van der Waals surface area contributed by atoms with Gasteiger partial charge in [0, 0.05) is 11.3 Å². The van der Waals surface area contributed by atoms with Gasteiger partial charge in [0.05, 0.1) is 12.2 Å². The second-order valence-corrected chi connectivity index (χ2v) is 5.11. The van der Waals surface area contributed by atoms with E-state index in [1.807, 2.05) is 16.8 Å². The van der Waals surface area contributed by atoms with Gasteiger partial charge in [-0.15, -0.1) is 0 Å². The lowest BCUT2D eigenvalue weighted by molar-refractivity contribution is 0.550. The van der Waals surface area contributed by atoms with Crippen LogP contribution in [0.25, 0.3) is 6.08 Å². The Morgan fingerprint density at radius 1 is 1.37 bits per heavy atom. The highest BCUT2D eigenvalue weighted by Crippen LogP contribution is 2.15. The first-order valence-electron chi connectivity index (χ1n) is 6.52. The van der Waals surface area contributed by atoms with Gasteiger partial charge in [0.15, 0.2) is 0 Å². The van der Waals surface area contributed by atoms with Crippen molar-refractivity contribution >= 4 is 6.08 Å². The molecule has 2 nitrogen and oxygen atoms in total. The van der Waals surface area contributed by atoms with Crippen LogP contribution in [0, 0.1) is 11.7 Å². The number of aromatic nitrogens is 2. The Morgan fingerprint density at radius 2 is 2.11 bits per heavy atom. The number of benzene rings is 1. The molecule has 0 saturated carbocycles. The van der Waals surface area contributed by atoms with Crippen LogP contribution in [-0.2, 0) is 13.0 Å². The Morgan fingerprint density at radius 3 is 2.74 bits per heavy atom. The van der Waals surface area contributed by atoms with Crippen LogP contribution >= 0.6 is 0 Å². The van der Waals surface area contributed by atoms with Gasteiger partial charge < -0.3 is 0 Å². The van der Waals surface area contributed by atoms with E-state index in [1.165, 1.54) is 6.07 Å². The monoisotopic (exact) mass is 258 g/mol. The van der Waals surface area contributed by atoms with Gasteiger partial charge in [-0.3, -0.25) is 4.68 Å². The quantitative estimate of drug-likeness (QED) is 0.795. The molecule has 0 aliphatic rings. The Hall–Kier alpha value is -1.90. The van der Waals surface area contributed by atoms with Crippen LogP contribution in [0.5, 0.6) is 0 Å². The van der Waals surface area contributed by atoms with Gasteiger partial charge in [-0.1, -0.05) is 38.6 Å². The first kappa shape index (κ1) is 13.5. The summed E-state index contributed by atoms with van der Waals surface area (Å²) in [5.41, 5.74) is 2.62. The predicted octanol–water partition coefficient (Wildman–Crippen LogP) is 3.91. The maximum Gasteiger partial charge on any atom is 0.128 e. The molecule has 0 saturated heterocycles. The van der Waals surface area contributed by atoms with Crippen LogP contribution < -0.4 is 0 Å². The van der Waals surface area contributed by atoms with Crippen molar-refractivity contribution in [2.45, 2.75) is 26.8 Å². The molecule has 0 N–H and O–H groups in total. The van der Waals surface area contributed by atoms with Crippen LogP contribution in [0.4, 0.5) is 4.39 Å². The normalized spacial score (nSPS) is 10.9. The van der Waals surface area contributed by atoms with Crippen molar-refractivity contribution in [1.29, 1.82) is 0 Å². The number of hydrogen-bond donors (Lipinski definition) is 0. The van der Waals surface area contributed by atoms with E-state index >= 15 is 0 Å². The van der Waals surface area contributed by atoms with Gasteiger partial charge in [0.1, 0.15) is 5.82 Å². The molecule has 1 heterocycles.